The first-order valence-corrected chi connectivity index (χ1v) is 9.55. The molecule has 142 valence electrons. The second-order valence-electron chi connectivity index (χ2n) is 6.74. The Morgan fingerprint density at radius 2 is 1.97 bits per heavy atom. The van der Waals surface area contributed by atoms with Gasteiger partial charge in [-0.3, -0.25) is 0 Å². The minimum atomic E-state index is 0.438. The Bertz CT molecular complexity index is 1240. The van der Waals surface area contributed by atoms with Gasteiger partial charge in [0, 0.05) is 0 Å². The second-order valence-corrected chi connectivity index (χ2v) is 7.15. The van der Waals surface area contributed by atoms with Crippen molar-refractivity contribution in [1.82, 2.24) is 9.97 Å². The average molecular weight is 400 g/mol. The molecule has 0 spiro atoms. The SMILES string of the molecule is Cc1ccc2nc(/C(C#N)=C\c3ccc(OCc4ccccc4)c(Cl)c3)[nH]c2c1. The molecule has 0 bridgehead atoms. The van der Waals surface area contributed by atoms with E-state index in [1.807, 2.05) is 67.6 Å². The van der Waals surface area contributed by atoms with E-state index in [1.165, 1.54) is 0 Å². The molecule has 0 unspecified atom stereocenters. The van der Waals surface area contributed by atoms with Crippen LogP contribution in [0.25, 0.3) is 22.7 Å². The van der Waals surface area contributed by atoms with Gasteiger partial charge in [0.2, 0.25) is 0 Å². The Kier molecular flexibility index (Phi) is 5.33. The van der Waals surface area contributed by atoms with E-state index in [4.69, 9.17) is 16.3 Å². The molecule has 0 aliphatic rings. The van der Waals surface area contributed by atoms with Crippen LogP contribution in [0.5, 0.6) is 5.75 Å². The van der Waals surface area contributed by atoms with Gasteiger partial charge in [0.25, 0.3) is 0 Å². The summed E-state index contributed by atoms with van der Waals surface area (Å²) in [5.41, 5.74) is 5.17. The third kappa shape index (κ3) is 4.31. The number of aryl methyl sites for hydroxylation is 1. The topological polar surface area (TPSA) is 61.7 Å². The smallest absolute Gasteiger partial charge is 0.149 e. The van der Waals surface area contributed by atoms with Crippen LogP contribution in [0.1, 0.15) is 22.5 Å². The summed E-state index contributed by atoms with van der Waals surface area (Å²) in [6.07, 6.45) is 1.76. The summed E-state index contributed by atoms with van der Waals surface area (Å²) in [6, 6.07) is 23.5. The summed E-state index contributed by atoms with van der Waals surface area (Å²) < 4.78 is 5.81. The summed E-state index contributed by atoms with van der Waals surface area (Å²) >= 11 is 6.39. The quantitative estimate of drug-likeness (QED) is 0.408. The highest BCUT2D eigenvalue weighted by Gasteiger charge is 2.09. The lowest BCUT2D eigenvalue weighted by Gasteiger charge is -2.09. The van der Waals surface area contributed by atoms with E-state index in [9.17, 15) is 5.26 Å². The van der Waals surface area contributed by atoms with Crippen LogP contribution in [-0.2, 0) is 6.61 Å². The number of imidazole rings is 1. The molecule has 1 heterocycles. The zero-order chi connectivity index (χ0) is 20.2. The summed E-state index contributed by atoms with van der Waals surface area (Å²) in [5, 5.41) is 10.1. The summed E-state index contributed by atoms with van der Waals surface area (Å²) in [4.78, 5) is 7.73. The summed E-state index contributed by atoms with van der Waals surface area (Å²) in [5.74, 6) is 1.14. The molecule has 0 saturated heterocycles. The van der Waals surface area contributed by atoms with E-state index in [0.29, 0.717) is 28.8 Å². The summed E-state index contributed by atoms with van der Waals surface area (Å²) in [7, 11) is 0. The molecule has 4 aromatic rings. The number of nitrogens with zero attached hydrogens (tertiary/aromatic N) is 2. The lowest BCUT2D eigenvalue weighted by molar-refractivity contribution is 0.306. The Balaban J connectivity index is 1.57. The first-order valence-electron chi connectivity index (χ1n) is 9.17. The Labute approximate surface area is 174 Å². The minimum Gasteiger partial charge on any atom is -0.487 e. The van der Waals surface area contributed by atoms with E-state index in [1.54, 1.807) is 12.1 Å². The fourth-order valence-corrected chi connectivity index (χ4v) is 3.27. The van der Waals surface area contributed by atoms with Crippen molar-refractivity contribution in [3.05, 3.63) is 94.3 Å². The van der Waals surface area contributed by atoms with Gasteiger partial charge in [-0.15, -0.1) is 0 Å². The molecule has 4 rings (SSSR count). The normalized spacial score (nSPS) is 11.4. The number of aromatic nitrogens is 2. The molecule has 0 aliphatic carbocycles. The number of rotatable bonds is 5. The number of H-pyrrole nitrogens is 1. The first kappa shape index (κ1) is 18.8. The largest absolute Gasteiger partial charge is 0.487 e. The van der Waals surface area contributed by atoms with E-state index < -0.39 is 0 Å². The standard InChI is InChI=1S/C24H18ClN3O/c1-16-7-9-21-22(11-16)28-24(27-21)19(14-26)12-18-8-10-23(20(25)13-18)29-15-17-5-3-2-4-6-17/h2-13H,15H2,1H3,(H,27,28)/b19-12-. The zero-order valence-corrected chi connectivity index (χ0v) is 16.6. The van der Waals surface area contributed by atoms with Gasteiger partial charge in [-0.05, 0) is 54.0 Å². The number of ether oxygens (including phenoxy) is 1. The lowest BCUT2D eigenvalue weighted by atomic mass is 10.1. The number of nitriles is 1. The highest BCUT2D eigenvalue weighted by molar-refractivity contribution is 6.32. The van der Waals surface area contributed by atoms with E-state index in [2.05, 4.69) is 16.0 Å². The average Bonchev–Trinajstić information content (AvgIpc) is 3.15. The molecule has 5 heteroatoms. The number of hydrogen-bond acceptors (Lipinski definition) is 3. The Hall–Kier alpha value is -3.55. The van der Waals surface area contributed by atoms with Gasteiger partial charge in [-0.1, -0.05) is 54.1 Å². The van der Waals surface area contributed by atoms with Crippen LogP contribution < -0.4 is 4.74 Å². The van der Waals surface area contributed by atoms with E-state index in [-0.39, 0.29) is 0 Å². The second kappa shape index (κ2) is 8.22. The maximum Gasteiger partial charge on any atom is 0.149 e. The van der Waals surface area contributed by atoms with Crippen molar-refractivity contribution in [2.75, 3.05) is 0 Å². The molecule has 1 N–H and O–H groups in total. The molecule has 0 atom stereocenters. The Morgan fingerprint density at radius 3 is 2.72 bits per heavy atom. The van der Waals surface area contributed by atoms with Gasteiger partial charge in [0.1, 0.15) is 24.3 Å². The zero-order valence-electron chi connectivity index (χ0n) is 15.8. The molecule has 1 aromatic heterocycles. The van der Waals surface area contributed by atoms with Crippen molar-refractivity contribution >= 4 is 34.3 Å². The van der Waals surface area contributed by atoms with Gasteiger partial charge < -0.3 is 9.72 Å². The third-order valence-corrected chi connectivity index (χ3v) is 4.81. The maximum absolute atomic E-state index is 9.62. The number of hydrogen-bond donors (Lipinski definition) is 1. The van der Waals surface area contributed by atoms with Gasteiger partial charge in [0.05, 0.1) is 21.6 Å². The number of benzene rings is 3. The summed E-state index contributed by atoms with van der Waals surface area (Å²) in [6.45, 7) is 2.46. The molecular formula is C24H18ClN3O. The molecule has 4 nitrogen and oxygen atoms in total. The van der Waals surface area contributed by atoms with Crippen LogP contribution in [0.3, 0.4) is 0 Å². The molecule has 0 radical (unpaired) electrons. The van der Waals surface area contributed by atoms with Crippen LogP contribution in [0.15, 0.2) is 66.7 Å². The molecule has 0 fully saturated rings. The number of nitrogens with one attached hydrogen (secondary N) is 1. The number of allylic oxidation sites excluding steroid dienone is 1. The van der Waals surface area contributed by atoms with E-state index >= 15 is 0 Å². The molecule has 3 aromatic carbocycles. The fraction of sp³-hybridized carbons (Fsp3) is 0.0833. The predicted molar refractivity (Wildman–Crippen MR) is 117 cm³/mol. The van der Waals surface area contributed by atoms with Gasteiger partial charge >= 0.3 is 0 Å². The van der Waals surface area contributed by atoms with E-state index in [0.717, 1.165) is 27.7 Å². The maximum atomic E-state index is 9.62. The first-order chi connectivity index (χ1) is 14.1. The van der Waals surface area contributed by atoms with Crippen molar-refractivity contribution in [2.24, 2.45) is 0 Å². The highest BCUT2D eigenvalue weighted by atomic mass is 35.5. The van der Waals surface area contributed by atoms with Crippen LogP contribution in [-0.4, -0.2) is 9.97 Å². The number of halogens is 1. The molecular weight excluding hydrogens is 382 g/mol. The van der Waals surface area contributed by atoms with Crippen molar-refractivity contribution < 1.29 is 4.74 Å². The number of aromatic amines is 1. The van der Waals surface area contributed by atoms with Crippen LogP contribution in [0.4, 0.5) is 0 Å². The van der Waals surface area contributed by atoms with Crippen molar-refractivity contribution in [1.29, 1.82) is 5.26 Å². The van der Waals surface area contributed by atoms with Gasteiger partial charge in [-0.2, -0.15) is 5.26 Å². The van der Waals surface area contributed by atoms with Crippen molar-refractivity contribution in [3.63, 3.8) is 0 Å². The molecule has 29 heavy (non-hydrogen) atoms. The Morgan fingerprint density at radius 1 is 1.14 bits per heavy atom. The lowest BCUT2D eigenvalue weighted by Crippen LogP contribution is -1.95. The van der Waals surface area contributed by atoms with Crippen LogP contribution >= 0.6 is 11.6 Å². The number of fused-ring (bicyclic) bond motifs is 1. The third-order valence-electron chi connectivity index (χ3n) is 4.52. The van der Waals surface area contributed by atoms with Crippen LogP contribution in [0, 0.1) is 18.3 Å². The monoisotopic (exact) mass is 399 g/mol. The predicted octanol–water partition coefficient (Wildman–Crippen LogP) is 6.17. The van der Waals surface area contributed by atoms with Gasteiger partial charge in [-0.25, -0.2) is 4.98 Å². The molecule has 0 saturated carbocycles. The van der Waals surface area contributed by atoms with Crippen LogP contribution in [0.2, 0.25) is 5.02 Å². The van der Waals surface area contributed by atoms with Crippen molar-refractivity contribution in [2.45, 2.75) is 13.5 Å². The van der Waals surface area contributed by atoms with Crippen molar-refractivity contribution in [3.8, 4) is 11.8 Å². The minimum absolute atomic E-state index is 0.438. The fourth-order valence-electron chi connectivity index (χ4n) is 3.03. The highest BCUT2D eigenvalue weighted by Crippen LogP contribution is 2.28. The molecule has 0 amide bonds. The van der Waals surface area contributed by atoms with Gasteiger partial charge in [0.15, 0.2) is 0 Å². The molecule has 0 aliphatic heterocycles.